The van der Waals surface area contributed by atoms with Gasteiger partial charge in [-0.3, -0.25) is 9.69 Å². The fourth-order valence-corrected chi connectivity index (χ4v) is 3.52. The highest BCUT2D eigenvalue weighted by atomic mass is 19.1. The molecule has 0 saturated carbocycles. The van der Waals surface area contributed by atoms with Crippen LogP contribution in [0.1, 0.15) is 18.4 Å². The molecule has 0 unspecified atom stereocenters. The van der Waals surface area contributed by atoms with Crippen molar-refractivity contribution in [1.29, 1.82) is 0 Å². The molecule has 132 valence electrons. The molecule has 1 aromatic carbocycles. The Labute approximate surface area is 142 Å². The second-order valence-electron chi connectivity index (χ2n) is 6.79. The Balaban J connectivity index is 1.64. The van der Waals surface area contributed by atoms with Crippen LogP contribution < -0.4 is 0 Å². The van der Waals surface area contributed by atoms with Crippen LogP contribution in [0.4, 0.5) is 4.39 Å². The summed E-state index contributed by atoms with van der Waals surface area (Å²) in [5.74, 6) is -0.194. The van der Waals surface area contributed by atoms with Crippen molar-refractivity contribution in [2.24, 2.45) is 0 Å². The molecular formula is C18H25FN2O3. The van der Waals surface area contributed by atoms with Gasteiger partial charge in [-0.05, 0) is 43.6 Å². The maximum atomic E-state index is 13.1. The van der Waals surface area contributed by atoms with Crippen LogP contribution in [0.15, 0.2) is 24.3 Å². The van der Waals surface area contributed by atoms with Crippen LogP contribution in [0.3, 0.4) is 0 Å². The van der Waals surface area contributed by atoms with Gasteiger partial charge in [-0.15, -0.1) is 0 Å². The van der Waals surface area contributed by atoms with Gasteiger partial charge in [0.15, 0.2) is 0 Å². The largest absolute Gasteiger partial charge is 0.393 e. The molecule has 2 aliphatic rings. The molecule has 2 saturated heterocycles. The Morgan fingerprint density at radius 3 is 2.58 bits per heavy atom. The van der Waals surface area contributed by atoms with E-state index in [1.807, 2.05) is 0 Å². The topological polar surface area (TPSA) is 53.0 Å². The number of hydrogen-bond donors (Lipinski definition) is 1. The summed E-state index contributed by atoms with van der Waals surface area (Å²) in [7, 11) is 0. The molecule has 2 heterocycles. The predicted molar refractivity (Wildman–Crippen MR) is 88.1 cm³/mol. The van der Waals surface area contributed by atoms with Crippen LogP contribution in [0.2, 0.25) is 0 Å². The Morgan fingerprint density at radius 2 is 1.92 bits per heavy atom. The van der Waals surface area contributed by atoms with Crippen molar-refractivity contribution in [3.05, 3.63) is 35.6 Å². The molecule has 1 amide bonds. The minimum atomic E-state index is -0.809. The van der Waals surface area contributed by atoms with Gasteiger partial charge >= 0.3 is 0 Å². The fourth-order valence-electron chi connectivity index (χ4n) is 3.52. The molecule has 0 aliphatic carbocycles. The Kier molecular flexibility index (Phi) is 5.48. The van der Waals surface area contributed by atoms with Gasteiger partial charge in [-0.25, -0.2) is 4.39 Å². The highest BCUT2D eigenvalue weighted by molar-refractivity contribution is 5.78. The van der Waals surface area contributed by atoms with E-state index < -0.39 is 5.60 Å². The average molecular weight is 336 g/mol. The van der Waals surface area contributed by atoms with Gasteiger partial charge in [0, 0.05) is 13.0 Å². The maximum Gasteiger partial charge on any atom is 0.236 e. The summed E-state index contributed by atoms with van der Waals surface area (Å²) in [5.41, 5.74) is 0.0795. The molecule has 24 heavy (non-hydrogen) atoms. The first-order valence-corrected chi connectivity index (χ1v) is 8.60. The zero-order chi connectivity index (χ0) is 17.0. The highest BCUT2D eigenvalue weighted by Crippen LogP contribution is 2.23. The standard InChI is InChI=1S/C18H25FN2O3/c19-16-5-3-15(4-6-16)11-18(14-22)13-21(9-10-24-18)17(23)12-20-7-1-2-8-20/h3-6,22H,1-2,7-14H2/t18-/m1/s1. The van der Waals surface area contributed by atoms with Gasteiger partial charge in [0.1, 0.15) is 11.4 Å². The molecule has 2 aliphatic heterocycles. The van der Waals surface area contributed by atoms with Crippen molar-refractivity contribution in [2.75, 3.05) is 45.9 Å². The lowest BCUT2D eigenvalue weighted by atomic mass is 9.93. The summed E-state index contributed by atoms with van der Waals surface area (Å²) in [6.45, 7) is 3.57. The lowest BCUT2D eigenvalue weighted by molar-refractivity contribution is -0.158. The number of hydrogen-bond acceptors (Lipinski definition) is 4. The van der Waals surface area contributed by atoms with Crippen molar-refractivity contribution < 1.29 is 19.0 Å². The molecule has 0 radical (unpaired) electrons. The minimum absolute atomic E-state index is 0.0946. The first-order chi connectivity index (χ1) is 11.6. The summed E-state index contributed by atoms with van der Waals surface area (Å²) >= 11 is 0. The Bertz CT molecular complexity index is 560. The van der Waals surface area contributed by atoms with E-state index in [9.17, 15) is 14.3 Å². The molecule has 2 fully saturated rings. The number of rotatable bonds is 5. The van der Waals surface area contributed by atoms with Gasteiger partial charge in [-0.2, -0.15) is 0 Å². The number of carbonyl (C=O) groups excluding carboxylic acids is 1. The Hall–Kier alpha value is -1.50. The number of ether oxygens (including phenoxy) is 1. The van der Waals surface area contributed by atoms with Crippen molar-refractivity contribution in [3.8, 4) is 0 Å². The monoisotopic (exact) mass is 336 g/mol. The number of aliphatic hydroxyl groups excluding tert-OH is 1. The van der Waals surface area contributed by atoms with Crippen LogP contribution in [0.25, 0.3) is 0 Å². The van der Waals surface area contributed by atoms with Crippen LogP contribution in [0, 0.1) is 5.82 Å². The summed E-state index contributed by atoms with van der Waals surface area (Å²) in [6, 6.07) is 6.20. The molecule has 0 aromatic heterocycles. The summed E-state index contributed by atoms with van der Waals surface area (Å²) in [4.78, 5) is 16.5. The third-order valence-electron chi connectivity index (χ3n) is 4.89. The van der Waals surface area contributed by atoms with Crippen molar-refractivity contribution in [3.63, 3.8) is 0 Å². The van der Waals surface area contributed by atoms with E-state index in [-0.39, 0.29) is 18.3 Å². The van der Waals surface area contributed by atoms with Crippen LogP contribution >= 0.6 is 0 Å². The molecule has 6 heteroatoms. The number of morpholine rings is 1. The van der Waals surface area contributed by atoms with Crippen molar-refractivity contribution in [1.82, 2.24) is 9.80 Å². The predicted octanol–water partition coefficient (Wildman–Crippen LogP) is 1.05. The second kappa shape index (κ2) is 7.59. The smallest absolute Gasteiger partial charge is 0.236 e. The number of amides is 1. The lowest BCUT2D eigenvalue weighted by Gasteiger charge is -2.42. The molecular weight excluding hydrogens is 311 g/mol. The number of halogens is 1. The molecule has 1 aromatic rings. The van der Waals surface area contributed by atoms with E-state index in [4.69, 9.17) is 4.74 Å². The zero-order valence-electron chi connectivity index (χ0n) is 13.9. The quantitative estimate of drug-likeness (QED) is 0.873. The number of aliphatic hydroxyl groups is 1. The van der Waals surface area contributed by atoms with E-state index in [1.54, 1.807) is 17.0 Å². The van der Waals surface area contributed by atoms with Gasteiger partial charge < -0.3 is 14.7 Å². The minimum Gasteiger partial charge on any atom is -0.393 e. The normalized spacial score (nSPS) is 25.2. The third kappa shape index (κ3) is 4.12. The van der Waals surface area contributed by atoms with Gasteiger partial charge in [0.25, 0.3) is 0 Å². The molecule has 5 nitrogen and oxygen atoms in total. The number of benzene rings is 1. The van der Waals surface area contributed by atoms with E-state index in [0.717, 1.165) is 31.5 Å². The second-order valence-corrected chi connectivity index (χ2v) is 6.79. The Morgan fingerprint density at radius 1 is 1.21 bits per heavy atom. The zero-order valence-corrected chi connectivity index (χ0v) is 13.9. The molecule has 1 atom stereocenters. The molecule has 3 rings (SSSR count). The summed E-state index contributed by atoms with van der Waals surface area (Å²) < 4.78 is 18.9. The first-order valence-electron chi connectivity index (χ1n) is 8.60. The average Bonchev–Trinajstić information content (AvgIpc) is 3.10. The molecule has 0 spiro atoms. The van der Waals surface area contributed by atoms with Crippen LogP contribution in [0.5, 0.6) is 0 Å². The van der Waals surface area contributed by atoms with Gasteiger partial charge in [0.05, 0.1) is 26.3 Å². The number of carbonyl (C=O) groups is 1. The van der Waals surface area contributed by atoms with Gasteiger partial charge in [-0.1, -0.05) is 12.1 Å². The number of nitrogens with zero attached hydrogens (tertiary/aromatic N) is 2. The highest BCUT2D eigenvalue weighted by Gasteiger charge is 2.38. The van der Waals surface area contributed by atoms with E-state index in [0.29, 0.717) is 32.7 Å². The summed E-state index contributed by atoms with van der Waals surface area (Å²) in [6.07, 6.45) is 2.76. The first kappa shape index (κ1) is 17.3. The summed E-state index contributed by atoms with van der Waals surface area (Å²) in [5, 5.41) is 9.89. The van der Waals surface area contributed by atoms with E-state index >= 15 is 0 Å². The molecule has 0 bridgehead atoms. The van der Waals surface area contributed by atoms with Crippen LogP contribution in [-0.4, -0.2) is 72.4 Å². The van der Waals surface area contributed by atoms with Crippen LogP contribution in [-0.2, 0) is 16.0 Å². The fraction of sp³-hybridized carbons (Fsp3) is 0.611. The lowest BCUT2D eigenvalue weighted by Crippen LogP contribution is -2.58. The SMILES string of the molecule is O=C(CN1CCCC1)N1CCO[C@](CO)(Cc2ccc(F)cc2)C1. The number of likely N-dealkylation sites (tertiary alicyclic amines) is 1. The maximum absolute atomic E-state index is 13.1. The molecule has 1 N–H and O–H groups in total. The van der Waals surface area contributed by atoms with E-state index in [2.05, 4.69) is 4.90 Å². The van der Waals surface area contributed by atoms with Crippen molar-refractivity contribution >= 4 is 5.91 Å². The third-order valence-corrected chi connectivity index (χ3v) is 4.89. The van der Waals surface area contributed by atoms with Crippen molar-refractivity contribution in [2.45, 2.75) is 24.9 Å². The van der Waals surface area contributed by atoms with Gasteiger partial charge in [0.2, 0.25) is 5.91 Å². The van der Waals surface area contributed by atoms with E-state index in [1.165, 1.54) is 12.1 Å².